The highest BCUT2D eigenvalue weighted by Crippen LogP contribution is 2.34. The zero-order valence-corrected chi connectivity index (χ0v) is 30.0. The van der Waals surface area contributed by atoms with E-state index in [1.807, 2.05) is 73.5 Å². The molecule has 6 rings (SSSR count). The lowest BCUT2D eigenvalue weighted by Crippen LogP contribution is -2.15. The Balaban J connectivity index is 0.000000194. The van der Waals surface area contributed by atoms with Crippen LogP contribution >= 0.6 is 23.5 Å². The predicted octanol–water partition coefficient (Wildman–Crippen LogP) is 6.04. The first-order chi connectivity index (χ1) is 24.0. The Morgan fingerprint density at radius 2 is 1.08 bits per heavy atom. The van der Waals surface area contributed by atoms with Crippen molar-refractivity contribution in [2.24, 2.45) is 14.1 Å². The van der Waals surface area contributed by atoms with Crippen LogP contribution in [0.25, 0.3) is 0 Å². The summed E-state index contributed by atoms with van der Waals surface area (Å²) in [6, 6.07) is 18.2. The second kappa shape index (κ2) is 16.8. The topological polar surface area (TPSA) is 171 Å². The number of amides is 2. The van der Waals surface area contributed by atoms with Gasteiger partial charge in [-0.2, -0.15) is 0 Å². The lowest BCUT2D eigenvalue weighted by molar-refractivity contribution is 0.101. The molecule has 6 aromatic heterocycles. The van der Waals surface area contributed by atoms with Crippen LogP contribution in [0.15, 0.2) is 96.0 Å². The summed E-state index contributed by atoms with van der Waals surface area (Å²) in [5, 5.41) is 23.5. The molecule has 0 aliphatic heterocycles. The number of thioether (sulfide) groups is 2. The second-order valence-electron chi connectivity index (χ2n) is 11.2. The molecule has 0 aromatic carbocycles. The van der Waals surface area contributed by atoms with Gasteiger partial charge < -0.3 is 19.8 Å². The fourth-order valence-electron chi connectivity index (χ4n) is 4.45. The summed E-state index contributed by atoms with van der Waals surface area (Å²) in [5.41, 5.74) is 4.40. The van der Waals surface area contributed by atoms with Crippen molar-refractivity contribution < 1.29 is 9.59 Å². The van der Waals surface area contributed by atoms with Gasteiger partial charge >= 0.3 is 0 Å². The van der Waals surface area contributed by atoms with E-state index in [0.717, 1.165) is 32.8 Å². The van der Waals surface area contributed by atoms with Gasteiger partial charge in [-0.15, -0.1) is 20.4 Å². The quantitative estimate of drug-likeness (QED) is 0.158. The third-order valence-corrected chi connectivity index (χ3v) is 9.55. The van der Waals surface area contributed by atoms with Crippen LogP contribution < -0.4 is 10.6 Å². The zero-order chi connectivity index (χ0) is 35.6. The first-order valence-electron chi connectivity index (χ1n) is 15.5. The second-order valence-corrected chi connectivity index (χ2v) is 13.8. The van der Waals surface area contributed by atoms with Crippen LogP contribution in [-0.4, -0.2) is 61.3 Å². The highest BCUT2D eigenvalue weighted by atomic mass is 32.2. The molecule has 0 aliphatic carbocycles. The zero-order valence-electron chi connectivity index (χ0n) is 28.3. The maximum Gasteiger partial charge on any atom is 0.275 e. The van der Waals surface area contributed by atoms with Crippen molar-refractivity contribution in [2.75, 3.05) is 10.6 Å². The minimum atomic E-state index is -0.276. The average Bonchev–Trinajstić information content (AvgIpc) is 3.71. The van der Waals surface area contributed by atoms with E-state index in [1.54, 1.807) is 72.8 Å². The predicted molar refractivity (Wildman–Crippen MR) is 193 cm³/mol. The van der Waals surface area contributed by atoms with Gasteiger partial charge in [0, 0.05) is 48.4 Å². The van der Waals surface area contributed by atoms with Crippen LogP contribution in [0.4, 0.5) is 11.6 Å². The Hall–Kier alpha value is -5.48. The molecule has 6 heterocycles. The van der Waals surface area contributed by atoms with Crippen LogP contribution in [-0.2, 0) is 14.1 Å². The molecular formula is C34H36N12O2S2. The van der Waals surface area contributed by atoms with Crippen molar-refractivity contribution in [1.29, 1.82) is 0 Å². The number of carbonyl (C=O) groups excluding carboxylic acids is 2. The molecule has 0 fully saturated rings. The number of aryl methyl sites for hydroxylation is 4. The fraction of sp³-hybridized carbons (Fsp3) is 0.235. The molecule has 16 heteroatoms. The summed E-state index contributed by atoms with van der Waals surface area (Å²) in [7, 11) is 3.81. The van der Waals surface area contributed by atoms with E-state index in [9.17, 15) is 9.59 Å². The van der Waals surface area contributed by atoms with Gasteiger partial charge in [0.1, 0.15) is 35.7 Å². The molecule has 2 atom stereocenters. The maximum atomic E-state index is 12.3. The number of rotatable bonds is 10. The van der Waals surface area contributed by atoms with Crippen LogP contribution in [0.1, 0.15) is 67.8 Å². The minimum absolute atomic E-state index is 0.138. The van der Waals surface area contributed by atoms with Crippen LogP contribution in [0.5, 0.6) is 0 Å². The lowest BCUT2D eigenvalue weighted by atomic mass is 10.2. The summed E-state index contributed by atoms with van der Waals surface area (Å²) < 4.78 is 3.74. The molecule has 50 heavy (non-hydrogen) atoms. The largest absolute Gasteiger partial charge is 0.312 e. The molecule has 6 aromatic rings. The van der Waals surface area contributed by atoms with E-state index in [2.05, 4.69) is 64.8 Å². The Morgan fingerprint density at radius 3 is 1.44 bits per heavy atom. The maximum absolute atomic E-state index is 12.3. The monoisotopic (exact) mass is 708 g/mol. The van der Waals surface area contributed by atoms with Crippen molar-refractivity contribution in [3.05, 3.63) is 120 Å². The normalized spacial score (nSPS) is 12.0. The van der Waals surface area contributed by atoms with Gasteiger partial charge in [-0.25, -0.2) is 19.9 Å². The molecule has 2 amide bonds. The molecule has 0 saturated heterocycles. The van der Waals surface area contributed by atoms with E-state index < -0.39 is 0 Å². The molecule has 0 radical (unpaired) electrons. The van der Waals surface area contributed by atoms with Crippen molar-refractivity contribution in [2.45, 2.75) is 48.5 Å². The van der Waals surface area contributed by atoms with E-state index >= 15 is 0 Å². The van der Waals surface area contributed by atoms with Gasteiger partial charge in [-0.05, 0) is 87.4 Å². The lowest BCUT2D eigenvalue weighted by Gasteiger charge is -2.12. The van der Waals surface area contributed by atoms with Gasteiger partial charge in [-0.3, -0.25) is 9.59 Å². The number of aromatic nitrogens is 10. The van der Waals surface area contributed by atoms with Crippen molar-refractivity contribution in [3.63, 3.8) is 0 Å². The SMILES string of the molecule is Cc1cccc(C(=O)Nc2cc([C@@H](C)Sc3nncn3C)ccn2)n1.Cc1cccc(C(=O)Nc2cc([C@H](C)Sc3nncn3C)ccn2)n1. The highest BCUT2D eigenvalue weighted by Gasteiger charge is 2.15. The van der Waals surface area contributed by atoms with Gasteiger partial charge in [0.2, 0.25) is 0 Å². The Morgan fingerprint density at radius 1 is 0.660 bits per heavy atom. The van der Waals surface area contributed by atoms with E-state index in [4.69, 9.17) is 0 Å². The van der Waals surface area contributed by atoms with Gasteiger partial charge in [-0.1, -0.05) is 35.7 Å². The standard InChI is InChI=1S/2C17H18N6OS/c2*1-11-5-4-6-14(20-11)16(24)21-15-9-13(7-8-18-15)12(2)25-17-22-19-10-23(17)3/h2*4-10,12H,1-3H3,(H,18,21,24)/t2*12-/m10/s1. The third-order valence-electron chi connectivity index (χ3n) is 7.14. The molecule has 0 saturated carbocycles. The smallest absolute Gasteiger partial charge is 0.275 e. The highest BCUT2D eigenvalue weighted by molar-refractivity contribution is 7.99. The Kier molecular flexibility index (Phi) is 12.0. The number of hydrogen-bond acceptors (Lipinski definition) is 12. The van der Waals surface area contributed by atoms with Crippen molar-refractivity contribution >= 4 is 47.0 Å². The van der Waals surface area contributed by atoms with Gasteiger partial charge in [0.25, 0.3) is 11.8 Å². The summed E-state index contributed by atoms with van der Waals surface area (Å²) in [6.07, 6.45) is 6.70. The molecule has 14 nitrogen and oxygen atoms in total. The molecule has 256 valence electrons. The number of carbonyl (C=O) groups is 2. The molecule has 0 bridgehead atoms. The number of nitrogens with one attached hydrogen (secondary N) is 2. The van der Waals surface area contributed by atoms with E-state index in [-0.39, 0.29) is 22.3 Å². The first-order valence-corrected chi connectivity index (χ1v) is 17.2. The third kappa shape index (κ3) is 9.79. The number of anilines is 2. The fourth-order valence-corrected chi connectivity index (χ4v) is 6.26. The van der Waals surface area contributed by atoms with E-state index in [1.165, 1.54) is 0 Å². The summed E-state index contributed by atoms with van der Waals surface area (Å²) in [4.78, 5) is 41.5. The number of nitrogens with zero attached hydrogens (tertiary/aromatic N) is 10. The summed E-state index contributed by atoms with van der Waals surface area (Å²) >= 11 is 3.18. The van der Waals surface area contributed by atoms with Crippen molar-refractivity contribution in [3.8, 4) is 0 Å². The molecule has 2 N–H and O–H groups in total. The molecule has 0 unspecified atom stereocenters. The van der Waals surface area contributed by atoms with Crippen molar-refractivity contribution in [1.82, 2.24) is 49.5 Å². The Labute approximate surface area is 298 Å². The molecular weight excluding hydrogens is 673 g/mol. The van der Waals surface area contributed by atoms with Gasteiger partial charge in [0.15, 0.2) is 10.3 Å². The molecule has 0 spiro atoms. The summed E-state index contributed by atoms with van der Waals surface area (Å²) in [6.45, 7) is 7.84. The molecule has 0 aliphatic rings. The van der Waals surface area contributed by atoms with Gasteiger partial charge in [0.05, 0.1) is 0 Å². The first kappa shape index (κ1) is 35.8. The number of hydrogen-bond donors (Lipinski definition) is 2. The van der Waals surface area contributed by atoms with Crippen LogP contribution in [0.3, 0.4) is 0 Å². The van der Waals surface area contributed by atoms with Crippen LogP contribution in [0, 0.1) is 13.8 Å². The van der Waals surface area contributed by atoms with E-state index in [0.29, 0.717) is 23.0 Å². The average molecular weight is 709 g/mol. The minimum Gasteiger partial charge on any atom is -0.312 e. The Bertz CT molecular complexity index is 1940. The summed E-state index contributed by atoms with van der Waals surface area (Å²) in [5.74, 6) is 0.441. The number of pyridine rings is 4. The van der Waals surface area contributed by atoms with Crippen LogP contribution in [0.2, 0.25) is 0 Å².